The lowest BCUT2D eigenvalue weighted by Gasteiger charge is -2.08. The van der Waals surface area contributed by atoms with E-state index in [0.29, 0.717) is 18.7 Å². The number of nitrogens with one attached hydrogen (secondary N) is 1. The second kappa shape index (κ2) is 6.58. The molecule has 2 aromatic carbocycles. The molecule has 0 bridgehead atoms. The third-order valence-electron chi connectivity index (χ3n) is 2.75. The van der Waals surface area contributed by atoms with Crippen LogP contribution >= 0.6 is 0 Å². The Morgan fingerprint density at radius 1 is 1.20 bits per heavy atom. The number of nitriles is 1. The minimum absolute atomic E-state index is 0.327. The lowest BCUT2D eigenvalue weighted by Crippen LogP contribution is -2.00. The third-order valence-corrected chi connectivity index (χ3v) is 2.75. The minimum Gasteiger partial charge on any atom is -0.494 e. The molecule has 0 aromatic heterocycles. The van der Waals surface area contributed by atoms with Crippen LogP contribution < -0.4 is 10.1 Å². The van der Waals surface area contributed by atoms with Gasteiger partial charge in [-0.2, -0.15) is 5.26 Å². The van der Waals surface area contributed by atoms with Crippen LogP contribution in [0.5, 0.6) is 5.75 Å². The van der Waals surface area contributed by atoms with Gasteiger partial charge in [-0.25, -0.2) is 4.39 Å². The summed E-state index contributed by atoms with van der Waals surface area (Å²) < 4.78 is 18.6. The van der Waals surface area contributed by atoms with Crippen LogP contribution in [0.2, 0.25) is 0 Å². The molecule has 20 heavy (non-hydrogen) atoms. The maximum Gasteiger partial charge on any atom is 0.124 e. The fourth-order valence-electron chi connectivity index (χ4n) is 1.86. The second-order valence-corrected chi connectivity index (χ2v) is 4.27. The third kappa shape index (κ3) is 3.72. The average molecular weight is 270 g/mol. The van der Waals surface area contributed by atoms with Crippen molar-refractivity contribution in [3.8, 4) is 11.8 Å². The quantitative estimate of drug-likeness (QED) is 0.900. The summed E-state index contributed by atoms with van der Waals surface area (Å²) in [5, 5.41) is 12.0. The normalized spacial score (nSPS) is 9.85. The van der Waals surface area contributed by atoms with E-state index in [4.69, 9.17) is 10.00 Å². The topological polar surface area (TPSA) is 45.0 Å². The number of nitrogens with zero attached hydrogens (tertiary/aromatic N) is 1. The average Bonchev–Trinajstić information content (AvgIpc) is 2.46. The Morgan fingerprint density at radius 3 is 2.60 bits per heavy atom. The summed E-state index contributed by atoms with van der Waals surface area (Å²) in [4.78, 5) is 0. The van der Waals surface area contributed by atoms with Gasteiger partial charge in [0.25, 0.3) is 0 Å². The van der Waals surface area contributed by atoms with Gasteiger partial charge in [0.2, 0.25) is 0 Å². The Labute approximate surface area is 117 Å². The number of hydrogen-bond acceptors (Lipinski definition) is 3. The van der Waals surface area contributed by atoms with Gasteiger partial charge in [-0.1, -0.05) is 0 Å². The van der Waals surface area contributed by atoms with E-state index in [1.165, 1.54) is 12.1 Å². The van der Waals surface area contributed by atoms with Crippen molar-refractivity contribution >= 4 is 5.69 Å². The SMILES string of the molecule is CCOc1ccc(NCc2cc(F)cc(C#N)c2)cc1. The molecule has 0 heterocycles. The van der Waals surface area contributed by atoms with Crippen LogP contribution in [0, 0.1) is 17.1 Å². The highest BCUT2D eigenvalue weighted by Gasteiger charge is 2.01. The molecule has 3 nitrogen and oxygen atoms in total. The minimum atomic E-state index is -0.396. The monoisotopic (exact) mass is 270 g/mol. The molecular formula is C16H15FN2O. The van der Waals surface area contributed by atoms with Gasteiger partial charge in [-0.15, -0.1) is 0 Å². The first kappa shape index (κ1) is 13.9. The molecule has 0 spiro atoms. The van der Waals surface area contributed by atoms with Crippen molar-refractivity contribution in [2.24, 2.45) is 0 Å². The number of ether oxygens (including phenoxy) is 1. The van der Waals surface area contributed by atoms with Crippen LogP contribution in [-0.2, 0) is 6.54 Å². The first-order valence-corrected chi connectivity index (χ1v) is 6.37. The van der Waals surface area contributed by atoms with E-state index < -0.39 is 5.82 Å². The van der Waals surface area contributed by atoms with Gasteiger partial charge in [0.15, 0.2) is 0 Å². The number of rotatable bonds is 5. The number of halogens is 1. The highest BCUT2D eigenvalue weighted by molar-refractivity contribution is 5.47. The molecule has 4 heteroatoms. The summed E-state index contributed by atoms with van der Waals surface area (Å²) in [6.07, 6.45) is 0. The van der Waals surface area contributed by atoms with Crippen molar-refractivity contribution in [1.29, 1.82) is 5.26 Å². The fraction of sp³-hybridized carbons (Fsp3) is 0.188. The van der Waals surface area contributed by atoms with Crippen molar-refractivity contribution in [2.75, 3.05) is 11.9 Å². The molecule has 0 unspecified atom stereocenters. The highest BCUT2D eigenvalue weighted by Crippen LogP contribution is 2.17. The molecule has 1 N–H and O–H groups in total. The van der Waals surface area contributed by atoms with Gasteiger partial charge in [-0.3, -0.25) is 0 Å². The van der Waals surface area contributed by atoms with Crippen molar-refractivity contribution in [1.82, 2.24) is 0 Å². The van der Waals surface area contributed by atoms with E-state index >= 15 is 0 Å². The van der Waals surface area contributed by atoms with Crippen LogP contribution in [0.4, 0.5) is 10.1 Å². The molecule has 0 atom stereocenters. The molecule has 0 fully saturated rings. The standard InChI is InChI=1S/C16H15FN2O/c1-2-20-16-5-3-15(4-6-16)19-11-13-7-12(10-18)8-14(17)9-13/h3-9,19H,2,11H2,1H3. The summed E-state index contributed by atoms with van der Waals surface area (Å²) in [5.41, 5.74) is 1.97. The van der Waals surface area contributed by atoms with Crippen LogP contribution in [0.1, 0.15) is 18.1 Å². The van der Waals surface area contributed by atoms with Gasteiger partial charge in [0.1, 0.15) is 11.6 Å². The molecule has 0 radical (unpaired) electrons. The van der Waals surface area contributed by atoms with Gasteiger partial charge in [0, 0.05) is 12.2 Å². The molecule has 0 aliphatic heterocycles. The summed E-state index contributed by atoms with van der Waals surface area (Å²) in [6, 6.07) is 13.8. The molecule has 0 saturated heterocycles. The van der Waals surface area contributed by atoms with E-state index in [0.717, 1.165) is 17.0 Å². The number of benzene rings is 2. The summed E-state index contributed by atoms with van der Waals surface area (Å²) in [6.45, 7) is 3.02. The molecule has 0 saturated carbocycles. The Balaban J connectivity index is 2.01. The van der Waals surface area contributed by atoms with Gasteiger partial charge >= 0.3 is 0 Å². The van der Waals surface area contributed by atoms with E-state index in [-0.39, 0.29) is 0 Å². The fourth-order valence-corrected chi connectivity index (χ4v) is 1.86. The Morgan fingerprint density at radius 2 is 1.95 bits per heavy atom. The number of anilines is 1. The van der Waals surface area contributed by atoms with Crippen molar-refractivity contribution < 1.29 is 9.13 Å². The second-order valence-electron chi connectivity index (χ2n) is 4.27. The lowest BCUT2D eigenvalue weighted by atomic mass is 10.1. The smallest absolute Gasteiger partial charge is 0.124 e. The van der Waals surface area contributed by atoms with Crippen LogP contribution in [0.3, 0.4) is 0 Å². The lowest BCUT2D eigenvalue weighted by molar-refractivity contribution is 0.340. The van der Waals surface area contributed by atoms with Crippen molar-refractivity contribution in [3.63, 3.8) is 0 Å². The summed E-state index contributed by atoms with van der Waals surface area (Å²) in [5.74, 6) is 0.420. The maximum absolute atomic E-state index is 13.3. The number of hydrogen-bond donors (Lipinski definition) is 1. The van der Waals surface area contributed by atoms with Gasteiger partial charge < -0.3 is 10.1 Å². The van der Waals surface area contributed by atoms with E-state index in [1.54, 1.807) is 6.07 Å². The molecule has 0 aliphatic carbocycles. The predicted molar refractivity (Wildman–Crippen MR) is 76.1 cm³/mol. The zero-order valence-electron chi connectivity index (χ0n) is 11.2. The van der Waals surface area contributed by atoms with E-state index in [9.17, 15) is 4.39 Å². The van der Waals surface area contributed by atoms with E-state index in [2.05, 4.69) is 5.32 Å². The summed E-state index contributed by atoms with van der Waals surface area (Å²) >= 11 is 0. The largest absolute Gasteiger partial charge is 0.494 e. The molecule has 102 valence electrons. The molecule has 2 rings (SSSR count). The predicted octanol–water partition coefficient (Wildman–Crippen LogP) is 3.71. The highest BCUT2D eigenvalue weighted by atomic mass is 19.1. The van der Waals surface area contributed by atoms with Gasteiger partial charge in [-0.05, 0) is 55.0 Å². The first-order chi connectivity index (χ1) is 9.71. The van der Waals surface area contributed by atoms with Crippen LogP contribution in [0.15, 0.2) is 42.5 Å². The summed E-state index contributed by atoms with van der Waals surface area (Å²) in [7, 11) is 0. The molecule has 0 amide bonds. The van der Waals surface area contributed by atoms with Gasteiger partial charge in [0.05, 0.1) is 18.2 Å². The molecular weight excluding hydrogens is 255 g/mol. The Kier molecular flexibility index (Phi) is 4.56. The van der Waals surface area contributed by atoms with Crippen molar-refractivity contribution in [3.05, 3.63) is 59.4 Å². The van der Waals surface area contributed by atoms with Crippen molar-refractivity contribution in [2.45, 2.75) is 13.5 Å². The zero-order valence-corrected chi connectivity index (χ0v) is 11.2. The van der Waals surface area contributed by atoms with Crippen LogP contribution in [-0.4, -0.2) is 6.61 Å². The Hall–Kier alpha value is -2.54. The maximum atomic E-state index is 13.3. The molecule has 0 aliphatic rings. The Bertz CT molecular complexity index is 617. The van der Waals surface area contributed by atoms with E-state index in [1.807, 2.05) is 37.3 Å². The first-order valence-electron chi connectivity index (χ1n) is 6.37. The van der Waals surface area contributed by atoms with Crippen LogP contribution in [0.25, 0.3) is 0 Å². The molecule has 2 aromatic rings. The zero-order chi connectivity index (χ0) is 14.4.